The summed E-state index contributed by atoms with van der Waals surface area (Å²) in [6.45, 7) is 8.80. The number of benzene rings is 2. The Morgan fingerprint density at radius 2 is 1.77 bits per heavy atom. The summed E-state index contributed by atoms with van der Waals surface area (Å²) in [7, 11) is 0. The molecule has 0 fully saturated rings. The molecule has 0 aliphatic heterocycles. The zero-order valence-electron chi connectivity index (χ0n) is 17.6. The van der Waals surface area contributed by atoms with Crippen LogP contribution in [-0.4, -0.2) is 9.55 Å². The van der Waals surface area contributed by atoms with Crippen molar-refractivity contribution >= 4 is 33.6 Å². The first-order valence-electron chi connectivity index (χ1n) is 10.00. The molecule has 0 spiro atoms. The minimum Gasteiger partial charge on any atom is -0.423 e. The standard InChI is InChI=1S/C24H24N2O3S/c1-14(2)12-26-23(28)18-7-5-6-8-20(18)25-24(26)30-13-17-11-22(27)29-21-10-16(4)15(3)9-19(17)21/h5-11,14H,12-13H2,1-4H3. The van der Waals surface area contributed by atoms with Gasteiger partial charge in [0.2, 0.25) is 0 Å². The van der Waals surface area contributed by atoms with Crippen molar-refractivity contribution in [1.29, 1.82) is 0 Å². The molecule has 2 aromatic carbocycles. The maximum Gasteiger partial charge on any atom is 0.336 e. The first-order chi connectivity index (χ1) is 14.3. The summed E-state index contributed by atoms with van der Waals surface area (Å²) in [6, 6.07) is 12.9. The SMILES string of the molecule is Cc1cc2oc(=O)cc(CSc3nc4ccccc4c(=O)n3CC(C)C)c2cc1C. The third kappa shape index (κ3) is 3.92. The highest BCUT2D eigenvalue weighted by atomic mass is 32.2. The van der Waals surface area contributed by atoms with Gasteiger partial charge in [0.25, 0.3) is 5.56 Å². The zero-order chi connectivity index (χ0) is 21.4. The fraction of sp³-hybridized carbons (Fsp3) is 0.292. The fourth-order valence-corrected chi connectivity index (χ4v) is 4.53. The highest BCUT2D eigenvalue weighted by Crippen LogP contribution is 2.28. The van der Waals surface area contributed by atoms with E-state index in [0.717, 1.165) is 22.1 Å². The Hall–Kier alpha value is -2.86. The van der Waals surface area contributed by atoms with Crippen molar-refractivity contribution in [3.63, 3.8) is 0 Å². The molecule has 0 atom stereocenters. The van der Waals surface area contributed by atoms with Crippen LogP contribution in [0, 0.1) is 19.8 Å². The van der Waals surface area contributed by atoms with Crippen molar-refractivity contribution in [1.82, 2.24) is 9.55 Å². The van der Waals surface area contributed by atoms with Crippen LogP contribution < -0.4 is 11.2 Å². The molecule has 0 saturated carbocycles. The van der Waals surface area contributed by atoms with Gasteiger partial charge in [-0.3, -0.25) is 9.36 Å². The Balaban J connectivity index is 1.79. The molecule has 4 rings (SSSR count). The van der Waals surface area contributed by atoms with Crippen LogP contribution in [0.5, 0.6) is 0 Å². The van der Waals surface area contributed by atoms with E-state index >= 15 is 0 Å². The second-order valence-electron chi connectivity index (χ2n) is 8.03. The number of aryl methyl sites for hydroxylation is 2. The van der Waals surface area contributed by atoms with E-state index in [2.05, 4.69) is 19.9 Å². The number of hydrogen-bond donors (Lipinski definition) is 0. The molecule has 2 aromatic heterocycles. The van der Waals surface area contributed by atoms with Crippen LogP contribution in [-0.2, 0) is 12.3 Å². The first-order valence-corrected chi connectivity index (χ1v) is 11.0. The number of hydrogen-bond acceptors (Lipinski definition) is 5. The summed E-state index contributed by atoms with van der Waals surface area (Å²) in [6.07, 6.45) is 0. The van der Waals surface area contributed by atoms with Gasteiger partial charge in [-0.25, -0.2) is 9.78 Å². The van der Waals surface area contributed by atoms with Gasteiger partial charge in [-0.2, -0.15) is 0 Å². The van der Waals surface area contributed by atoms with Crippen molar-refractivity contribution in [3.05, 3.63) is 79.9 Å². The van der Waals surface area contributed by atoms with Crippen LogP contribution in [0.2, 0.25) is 0 Å². The molecular weight excluding hydrogens is 396 g/mol. The Morgan fingerprint density at radius 1 is 1.03 bits per heavy atom. The second kappa shape index (κ2) is 8.11. The fourth-order valence-electron chi connectivity index (χ4n) is 3.53. The largest absolute Gasteiger partial charge is 0.423 e. The maximum absolute atomic E-state index is 13.1. The van der Waals surface area contributed by atoms with Gasteiger partial charge in [0.15, 0.2) is 5.16 Å². The van der Waals surface area contributed by atoms with E-state index in [1.54, 1.807) is 4.57 Å². The number of para-hydroxylation sites is 1. The predicted octanol–water partition coefficient (Wildman–Crippen LogP) is 5.07. The number of thioether (sulfide) groups is 1. The van der Waals surface area contributed by atoms with Crippen molar-refractivity contribution < 1.29 is 4.42 Å². The van der Waals surface area contributed by atoms with Crippen molar-refractivity contribution in [2.45, 2.75) is 45.1 Å². The molecule has 0 saturated heterocycles. The summed E-state index contributed by atoms with van der Waals surface area (Å²) in [5, 5.41) is 2.21. The van der Waals surface area contributed by atoms with Crippen LogP contribution in [0.4, 0.5) is 0 Å². The van der Waals surface area contributed by atoms with Gasteiger partial charge < -0.3 is 4.42 Å². The second-order valence-corrected chi connectivity index (χ2v) is 8.98. The maximum atomic E-state index is 13.1. The molecule has 5 nitrogen and oxygen atoms in total. The molecule has 0 bridgehead atoms. The van der Waals surface area contributed by atoms with E-state index in [1.165, 1.54) is 17.8 Å². The quantitative estimate of drug-likeness (QED) is 0.256. The Labute approximate surface area is 178 Å². The number of aromatic nitrogens is 2. The molecule has 2 heterocycles. The molecule has 6 heteroatoms. The lowest BCUT2D eigenvalue weighted by molar-refractivity contribution is 0.475. The number of fused-ring (bicyclic) bond motifs is 2. The summed E-state index contributed by atoms with van der Waals surface area (Å²) in [5.41, 5.74) is 3.99. The molecular formula is C24H24N2O3S. The first kappa shape index (κ1) is 20.4. The van der Waals surface area contributed by atoms with Gasteiger partial charge in [-0.05, 0) is 60.7 Å². The Morgan fingerprint density at radius 3 is 2.53 bits per heavy atom. The van der Waals surface area contributed by atoms with Gasteiger partial charge in [0, 0.05) is 23.8 Å². The van der Waals surface area contributed by atoms with E-state index in [0.29, 0.717) is 39.9 Å². The van der Waals surface area contributed by atoms with E-state index in [9.17, 15) is 9.59 Å². The van der Waals surface area contributed by atoms with Crippen molar-refractivity contribution in [3.8, 4) is 0 Å². The highest BCUT2D eigenvalue weighted by molar-refractivity contribution is 7.98. The van der Waals surface area contributed by atoms with Gasteiger partial charge in [0.1, 0.15) is 5.58 Å². The van der Waals surface area contributed by atoms with Crippen LogP contribution in [0.25, 0.3) is 21.9 Å². The van der Waals surface area contributed by atoms with E-state index in [-0.39, 0.29) is 11.2 Å². The lowest BCUT2D eigenvalue weighted by Gasteiger charge is -2.15. The zero-order valence-corrected chi connectivity index (χ0v) is 18.4. The van der Waals surface area contributed by atoms with Crippen LogP contribution >= 0.6 is 11.8 Å². The summed E-state index contributed by atoms with van der Waals surface area (Å²) in [4.78, 5) is 30.0. The van der Waals surface area contributed by atoms with Crippen molar-refractivity contribution in [2.75, 3.05) is 0 Å². The summed E-state index contributed by atoms with van der Waals surface area (Å²) >= 11 is 1.48. The van der Waals surface area contributed by atoms with Crippen LogP contribution in [0.3, 0.4) is 0 Å². The predicted molar refractivity (Wildman–Crippen MR) is 122 cm³/mol. The molecule has 0 N–H and O–H groups in total. The average Bonchev–Trinajstić information content (AvgIpc) is 2.70. The molecule has 0 unspecified atom stereocenters. The summed E-state index contributed by atoms with van der Waals surface area (Å²) < 4.78 is 7.16. The van der Waals surface area contributed by atoms with Gasteiger partial charge >= 0.3 is 5.63 Å². The molecule has 4 aromatic rings. The number of nitrogens with zero attached hydrogens (tertiary/aromatic N) is 2. The topological polar surface area (TPSA) is 65.1 Å². The average molecular weight is 421 g/mol. The minimum atomic E-state index is -0.368. The van der Waals surface area contributed by atoms with Gasteiger partial charge in [0.05, 0.1) is 10.9 Å². The van der Waals surface area contributed by atoms with E-state index in [4.69, 9.17) is 9.40 Å². The smallest absolute Gasteiger partial charge is 0.336 e. The number of rotatable bonds is 5. The van der Waals surface area contributed by atoms with Gasteiger partial charge in [-0.1, -0.05) is 37.7 Å². The lowest BCUT2D eigenvalue weighted by atomic mass is 10.0. The van der Waals surface area contributed by atoms with E-state index in [1.807, 2.05) is 44.2 Å². The third-order valence-corrected chi connectivity index (χ3v) is 6.20. The highest BCUT2D eigenvalue weighted by Gasteiger charge is 2.14. The molecule has 0 amide bonds. The van der Waals surface area contributed by atoms with Crippen molar-refractivity contribution in [2.24, 2.45) is 5.92 Å². The molecule has 0 aliphatic rings. The Bertz CT molecular complexity index is 1370. The lowest BCUT2D eigenvalue weighted by Crippen LogP contribution is -2.25. The normalized spacial score (nSPS) is 11.6. The van der Waals surface area contributed by atoms with E-state index < -0.39 is 0 Å². The molecule has 154 valence electrons. The van der Waals surface area contributed by atoms with Crippen LogP contribution in [0.15, 0.2) is 61.6 Å². The monoisotopic (exact) mass is 420 g/mol. The third-order valence-electron chi connectivity index (χ3n) is 5.18. The summed E-state index contributed by atoms with van der Waals surface area (Å²) in [5.74, 6) is 0.827. The molecule has 30 heavy (non-hydrogen) atoms. The Kier molecular flexibility index (Phi) is 5.52. The van der Waals surface area contributed by atoms with Gasteiger partial charge in [-0.15, -0.1) is 0 Å². The molecule has 0 radical (unpaired) electrons. The molecule has 0 aliphatic carbocycles. The minimum absolute atomic E-state index is 0.0271. The van der Waals surface area contributed by atoms with Crippen LogP contribution in [0.1, 0.15) is 30.5 Å².